The topological polar surface area (TPSA) is 20.1 Å². The van der Waals surface area contributed by atoms with Crippen LogP contribution in [0, 0.1) is 5.41 Å². The Balaban J connectivity index is 3.08. The maximum absolute atomic E-state index is 13.6. The highest BCUT2D eigenvalue weighted by molar-refractivity contribution is 5.84. The zero-order valence-electron chi connectivity index (χ0n) is 12.2. The molecule has 0 aromatic carbocycles. The quantitative estimate of drug-likeness (QED) is 0.535. The third kappa shape index (κ3) is 2.86. The number of hydrogen-bond donors (Lipinski definition) is 0. The lowest BCUT2D eigenvalue weighted by Crippen LogP contribution is -2.63. The molecule has 136 valence electrons. The lowest BCUT2D eigenvalue weighted by Gasteiger charge is -2.34. The Morgan fingerprint density at radius 1 is 0.957 bits per heavy atom. The smallest absolute Gasteiger partial charge is 0.329 e. The molecule has 1 fully saturated rings. The monoisotopic (exact) mass is 359 g/mol. The van der Waals surface area contributed by atoms with E-state index in [0.29, 0.717) is 0 Å². The first-order valence-corrected chi connectivity index (χ1v) is 6.46. The van der Waals surface area contributed by atoms with Gasteiger partial charge in [-0.3, -0.25) is 4.79 Å². The second kappa shape index (κ2) is 5.17. The molecular formula is C12H14F9NO. The molecule has 0 bridgehead atoms. The molecule has 0 aromatic heterocycles. The molecule has 1 rings (SSSR count). The molecule has 1 saturated heterocycles. The molecule has 1 unspecified atom stereocenters. The minimum atomic E-state index is -6.93. The highest BCUT2D eigenvalue weighted by atomic mass is 19.4. The Kier molecular flexibility index (Phi) is 4.47. The number of carbonyl (C=O) groups is 1. The number of hydrogen-bond acceptors (Lipinski definition) is 1. The standard InChI is InChI=1S/C12H14F9NO/c1-4-8(2,3)7(23)22-5-6(22)9(13,14)10(15,16)11(17,18)12(19,20)21/h6H,4-5H2,1-3H3. The normalized spacial score (nSPS) is 20.7. The van der Waals surface area contributed by atoms with Gasteiger partial charge in [0.2, 0.25) is 5.91 Å². The maximum atomic E-state index is 13.6. The van der Waals surface area contributed by atoms with Gasteiger partial charge in [0.1, 0.15) is 6.04 Å². The van der Waals surface area contributed by atoms with E-state index >= 15 is 0 Å². The number of halogens is 9. The van der Waals surface area contributed by atoms with Crippen LogP contribution in [0.3, 0.4) is 0 Å². The van der Waals surface area contributed by atoms with E-state index in [9.17, 15) is 44.3 Å². The predicted octanol–water partition coefficient (Wildman–Crippen LogP) is 4.10. The first kappa shape index (κ1) is 19.9. The second-order valence-corrected chi connectivity index (χ2v) is 5.98. The van der Waals surface area contributed by atoms with Crippen LogP contribution in [0.2, 0.25) is 0 Å². The van der Waals surface area contributed by atoms with Gasteiger partial charge in [0, 0.05) is 12.0 Å². The summed E-state index contributed by atoms with van der Waals surface area (Å²) in [5.41, 5.74) is -1.23. The molecule has 0 N–H and O–H groups in total. The van der Waals surface area contributed by atoms with Crippen molar-refractivity contribution >= 4 is 5.91 Å². The summed E-state index contributed by atoms with van der Waals surface area (Å²) in [5.74, 6) is -20.4. The van der Waals surface area contributed by atoms with E-state index in [4.69, 9.17) is 0 Å². The molecule has 1 aliphatic heterocycles. The molecule has 0 radical (unpaired) electrons. The summed E-state index contributed by atoms with van der Waals surface area (Å²) in [6.07, 6.45) is -6.72. The van der Waals surface area contributed by atoms with Crippen LogP contribution in [0.4, 0.5) is 39.5 Å². The van der Waals surface area contributed by atoms with Crippen molar-refractivity contribution in [2.75, 3.05) is 6.54 Å². The summed E-state index contributed by atoms with van der Waals surface area (Å²) in [6.45, 7) is 3.11. The minimum absolute atomic E-state index is 0.135. The van der Waals surface area contributed by atoms with E-state index in [2.05, 4.69) is 0 Å². The second-order valence-electron chi connectivity index (χ2n) is 5.98. The number of rotatable bonds is 5. The third-order valence-electron chi connectivity index (χ3n) is 3.92. The lowest BCUT2D eigenvalue weighted by molar-refractivity contribution is -0.396. The van der Waals surface area contributed by atoms with Crippen molar-refractivity contribution in [1.82, 2.24) is 4.90 Å². The van der Waals surface area contributed by atoms with Gasteiger partial charge >= 0.3 is 23.9 Å². The molecule has 0 aromatic rings. The summed E-state index contributed by atoms with van der Waals surface area (Å²) in [6, 6.07) is -2.70. The summed E-state index contributed by atoms with van der Waals surface area (Å²) in [4.78, 5) is 12.0. The molecule has 2 nitrogen and oxygen atoms in total. The summed E-state index contributed by atoms with van der Waals surface area (Å²) in [7, 11) is 0. The Morgan fingerprint density at radius 3 is 1.74 bits per heavy atom. The van der Waals surface area contributed by atoms with Crippen molar-refractivity contribution in [2.45, 2.75) is 57.2 Å². The number of carbonyl (C=O) groups excluding carboxylic acids is 1. The SMILES string of the molecule is CCC(C)(C)C(=O)N1CC1C(F)(F)C(F)(F)C(F)(F)C(F)(F)F. The van der Waals surface area contributed by atoms with Crippen molar-refractivity contribution in [1.29, 1.82) is 0 Å². The third-order valence-corrected chi connectivity index (χ3v) is 3.92. The zero-order chi connectivity index (χ0) is 18.6. The van der Waals surface area contributed by atoms with Crippen LogP contribution in [0.25, 0.3) is 0 Å². The van der Waals surface area contributed by atoms with E-state index in [0.717, 1.165) is 0 Å². The molecule has 1 atom stereocenters. The lowest BCUT2D eigenvalue weighted by atomic mass is 9.89. The van der Waals surface area contributed by atoms with Gasteiger partial charge in [0.15, 0.2) is 0 Å². The van der Waals surface area contributed by atoms with Crippen LogP contribution in [0.1, 0.15) is 27.2 Å². The van der Waals surface area contributed by atoms with Crippen molar-refractivity contribution in [3.8, 4) is 0 Å². The highest BCUT2D eigenvalue weighted by Crippen LogP contribution is 2.56. The van der Waals surface area contributed by atoms with Crippen LogP contribution < -0.4 is 0 Å². The van der Waals surface area contributed by atoms with E-state index in [1.54, 1.807) is 0 Å². The average molecular weight is 359 g/mol. The van der Waals surface area contributed by atoms with Gasteiger partial charge in [-0.25, -0.2) is 0 Å². The largest absolute Gasteiger partial charge is 0.460 e. The molecule has 0 saturated carbocycles. The fraction of sp³-hybridized carbons (Fsp3) is 0.917. The minimum Gasteiger partial charge on any atom is -0.329 e. The van der Waals surface area contributed by atoms with Gasteiger partial charge in [0.25, 0.3) is 0 Å². The van der Waals surface area contributed by atoms with Crippen LogP contribution in [-0.2, 0) is 4.79 Å². The Labute approximate surface area is 125 Å². The van der Waals surface area contributed by atoms with E-state index < -0.39 is 47.9 Å². The number of amides is 1. The van der Waals surface area contributed by atoms with E-state index in [-0.39, 0.29) is 11.3 Å². The molecular weight excluding hydrogens is 345 g/mol. The molecule has 0 aliphatic carbocycles. The van der Waals surface area contributed by atoms with Crippen LogP contribution >= 0.6 is 0 Å². The fourth-order valence-corrected chi connectivity index (χ4v) is 1.81. The number of nitrogens with zero attached hydrogens (tertiary/aromatic N) is 1. The molecule has 11 heteroatoms. The van der Waals surface area contributed by atoms with Gasteiger partial charge in [-0.15, -0.1) is 0 Å². The summed E-state index contributed by atoms with van der Waals surface area (Å²) < 4.78 is 115. The van der Waals surface area contributed by atoms with Gasteiger partial charge in [-0.1, -0.05) is 20.8 Å². The molecule has 1 aliphatic rings. The Hall–Kier alpha value is -1.16. The predicted molar refractivity (Wildman–Crippen MR) is 60.5 cm³/mol. The zero-order valence-corrected chi connectivity index (χ0v) is 12.2. The van der Waals surface area contributed by atoms with Gasteiger partial charge < -0.3 is 4.90 Å². The molecule has 0 spiro atoms. The first-order valence-electron chi connectivity index (χ1n) is 6.46. The fourth-order valence-electron chi connectivity index (χ4n) is 1.81. The van der Waals surface area contributed by atoms with E-state index in [1.165, 1.54) is 20.8 Å². The Morgan fingerprint density at radius 2 is 1.39 bits per heavy atom. The highest BCUT2D eigenvalue weighted by Gasteiger charge is 2.85. The van der Waals surface area contributed by atoms with Crippen molar-refractivity contribution in [3.05, 3.63) is 0 Å². The van der Waals surface area contributed by atoms with Crippen LogP contribution in [0.15, 0.2) is 0 Å². The molecule has 1 amide bonds. The van der Waals surface area contributed by atoms with Crippen molar-refractivity contribution in [3.63, 3.8) is 0 Å². The van der Waals surface area contributed by atoms with Gasteiger partial charge in [-0.05, 0) is 6.42 Å². The van der Waals surface area contributed by atoms with E-state index in [1.807, 2.05) is 0 Å². The molecule has 1 heterocycles. The van der Waals surface area contributed by atoms with Gasteiger partial charge in [-0.2, -0.15) is 39.5 Å². The first-order chi connectivity index (χ1) is 9.95. The van der Waals surface area contributed by atoms with Gasteiger partial charge in [0.05, 0.1) is 0 Å². The Bertz CT molecular complexity index is 483. The summed E-state index contributed by atoms with van der Waals surface area (Å²) in [5, 5.41) is 0. The maximum Gasteiger partial charge on any atom is 0.460 e. The van der Waals surface area contributed by atoms with Crippen LogP contribution in [0.5, 0.6) is 0 Å². The molecule has 23 heavy (non-hydrogen) atoms. The van der Waals surface area contributed by atoms with Crippen molar-refractivity contribution < 1.29 is 44.3 Å². The number of alkyl halides is 9. The van der Waals surface area contributed by atoms with Crippen molar-refractivity contribution in [2.24, 2.45) is 5.41 Å². The summed E-state index contributed by atoms with van der Waals surface area (Å²) >= 11 is 0. The average Bonchev–Trinajstić information content (AvgIpc) is 3.16. The van der Waals surface area contributed by atoms with Crippen LogP contribution in [-0.4, -0.2) is 47.3 Å².